The molecule has 0 fully saturated rings. The highest BCUT2D eigenvalue weighted by molar-refractivity contribution is 6.04. The van der Waals surface area contributed by atoms with Gasteiger partial charge in [0.25, 0.3) is 5.91 Å². The van der Waals surface area contributed by atoms with E-state index < -0.39 is 0 Å². The van der Waals surface area contributed by atoms with E-state index in [-0.39, 0.29) is 11.7 Å². The third-order valence-electron chi connectivity index (χ3n) is 3.15. The average Bonchev–Trinajstić information content (AvgIpc) is 2.98. The number of nitrogens with one attached hydrogen (secondary N) is 1. The largest absolute Gasteiger partial charge is 0.497 e. The summed E-state index contributed by atoms with van der Waals surface area (Å²) >= 11 is 0. The van der Waals surface area contributed by atoms with Crippen LogP contribution in [0.5, 0.6) is 11.6 Å². The summed E-state index contributed by atoms with van der Waals surface area (Å²) in [6.45, 7) is 0. The molecule has 0 aliphatic rings. The highest BCUT2D eigenvalue weighted by Gasteiger charge is 2.13. The smallest absolute Gasteiger partial charge is 0.291 e. The molecule has 22 heavy (non-hydrogen) atoms. The Labute approximate surface area is 126 Å². The molecule has 0 bridgehead atoms. The third kappa shape index (κ3) is 2.71. The molecular weight excluding hydrogens is 284 g/mol. The van der Waals surface area contributed by atoms with E-state index >= 15 is 0 Å². The first-order valence-corrected chi connectivity index (χ1v) is 6.58. The van der Waals surface area contributed by atoms with Gasteiger partial charge in [0.2, 0.25) is 5.88 Å². The van der Waals surface area contributed by atoms with Crippen LogP contribution in [0, 0.1) is 0 Å². The van der Waals surface area contributed by atoms with Gasteiger partial charge in [-0.2, -0.15) is 0 Å². The van der Waals surface area contributed by atoms with E-state index in [0.29, 0.717) is 22.9 Å². The first kappa shape index (κ1) is 13.9. The second kappa shape index (κ2) is 5.77. The van der Waals surface area contributed by atoms with E-state index in [9.17, 15) is 4.79 Å². The van der Waals surface area contributed by atoms with Crippen molar-refractivity contribution in [3.8, 4) is 11.6 Å². The zero-order chi connectivity index (χ0) is 15.5. The summed E-state index contributed by atoms with van der Waals surface area (Å²) < 4.78 is 15.6. The van der Waals surface area contributed by atoms with Crippen LogP contribution < -0.4 is 14.8 Å². The number of methoxy groups -OCH3 is 2. The van der Waals surface area contributed by atoms with Crippen LogP contribution in [0.3, 0.4) is 0 Å². The Morgan fingerprint density at radius 2 is 2.00 bits per heavy atom. The SMILES string of the molecule is COc1ccc2oc(C(=O)Nc3ccc(OC)nc3)cc2c1. The van der Waals surface area contributed by atoms with Crippen molar-refractivity contribution in [1.29, 1.82) is 0 Å². The molecule has 3 aromatic rings. The maximum Gasteiger partial charge on any atom is 0.291 e. The van der Waals surface area contributed by atoms with Gasteiger partial charge >= 0.3 is 0 Å². The molecule has 0 saturated heterocycles. The molecule has 0 atom stereocenters. The summed E-state index contributed by atoms with van der Waals surface area (Å²) in [6, 6.07) is 10.4. The number of pyridine rings is 1. The number of carbonyl (C=O) groups is 1. The lowest BCUT2D eigenvalue weighted by atomic mass is 10.2. The van der Waals surface area contributed by atoms with Gasteiger partial charge in [-0.25, -0.2) is 4.98 Å². The maximum absolute atomic E-state index is 12.2. The Morgan fingerprint density at radius 1 is 1.14 bits per heavy atom. The zero-order valence-corrected chi connectivity index (χ0v) is 12.1. The number of fused-ring (bicyclic) bond motifs is 1. The highest BCUT2D eigenvalue weighted by Crippen LogP contribution is 2.24. The molecule has 112 valence electrons. The van der Waals surface area contributed by atoms with Crippen molar-refractivity contribution in [2.24, 2.45) is 0 Å². The zero-order valence-electron chi connectivity index (χ0n) is 12.1. The van der Waals surface area contributed by atoms with Crippen LogP contribution in [0.2, 0.25) is 0 Å². The Bertz CT molecular complexity index is 809. The Balaban J connectivity index is 1.81. The van der Waals surface area contributed by atoms with Crippen molar-refractivity contribution in [1.82, 2.24) is 4.98 Å². The second-order valence-corrected chi connectivity index (χ2v) is 4.56. The van der Waals surface area contributed by atoms with E-state index in [0.717, 1.165) is 5.39 Å². The molecule has 2 heterocycles. The van der Waals surface area contributed by atoms with Crippen molar-refractivity contribution in [3.63, 3.8) is 0 Å². The molecule has 6 nitrogen and oxygen atoms in total. The van der Waals surface area contributed by atoms with Gasteiger partial charge in [-0.15, -0.1) is 0 Å². The number of ether oxygens (including phenoxy) is 2. The van der Waals surface area contributed by atoms with Gasteiger partial charge in [-0.05, 0) is 30.3 Å². The lowest BCUT2D eigenvalue weighted by Crippen LogP contribution is -2.10. The van der Waals surface area contributed by atoms with Gasteiger partial charge in [0.15, 0.2) is 5.76 Å². The summed E-state index contributed by atoms with van der Waals surface area (Å²) in [4.78, 5) is 16.2. The second-order valence-electron chi connectivity index (χ2n) is 4.56. The molecule has 0 aliphatic carbocycles. The number of nitrogens with zero attached hydrogens (tertiary/aromatic N) is 1. The molecule has 2 aromatic heterocycles. The molecule has 3 rings (SSSR count). The van der Waals surface area contributed by atoms with Gasteiger partial charge in [-0.3, -0.25) is 4.79 Å². The number of furan rings is 1. The molecule has 1 amide bonds. The fourth-order valence-electron chi connectivity index (χ4n) is 2.03. The summed E-state index contributed by atoms with van der Waals surface area (Å²) in [5.74, 6) is 1.06. The number of anilines is 1. The fraction of sp³-hybridized carbons (Fsp3) is 0.125. The van der Waals surface area contributed by atoms with Gasteiger partial charge in [0.1, 0.15) is 11.3 Å². The Morgan fingerprint density at radius 3 is 2.68 bits per heavy atom. The summed E-state index contributed by atoms with van der Waals surface area (Å²) in [7, 11) is 3.12. The summed E-state index contributed by atoms with van der Waals surface area (Å²) in [5.41, 5.74) is 1.18. The van der Waals surface area contributed by atoms with Crippen molar-refractivity contribution in [2.75, 3.05) is 19.5 Å². The average molecular weight is 298 g/mol. The molecule has 0 aliphatic heterocycles. The Hall–Kier alpha value is -3.02. The molecule has 6 heteroatoms. The number of carbonyl (C=O) groups excluding carboxylic acids is 1. The quantitative estimate of drug-likeness (QED) is 0.801. The van der Waals surface area contributed by atoms with E-state index in [1.54, 1.807) is 37.4 Å². The van der Waals surface area contributed by atoms with E-state index in [1.807, 2.05) is 6.07 Å². The number of benzene rings is 1. The van der Waals surface area contributed by atoms with E-state index in [1.165, 1.54) is 13.3 Å². The molecule has 1 N–H and O–H groups in total. The summed E-state index contributed by atoms with van der Waals surface area (Å²) in [5, 5.41) is 3.52. The van der Waals surface area contributed by atoms with Crippen molar-refractivity contribution >= 4 is 22.6 Å². The van der Waals surface area contributed by atoms with Gasteiger partial charge in [0.05, 0.1) is 26.1 Å². The topological polar surface area (TPSA) is 73.6 Å². The molecule has 0 radical (unpaired) electrons. The molecule has 0 unspecified atom stereocenters. The first-order chi connectivity index (χ1) is 10.7. The minimum absolute atomic E-state index is 0.221. The number of hydrogen-bond acceptors (Lipinski definition) is 5. The van der Waals surface area contributed by atoms with Gasteiger partial charge < -0.3 is 19.2 Å². The van der Waals surface area contributed by atoms with Crippen LogP contribution in [0.4, 0.5) is 5.69 Å². The summed E-state index contributed by atoms with van der Waals surface area (Å²) in [6.07, 6.45) is 1.52. The number of amides is 1. The number of aromatic nitrogens is 1. The minimum atomic E-state index is -0.345. The first-order valence-electron chi connectivity index (χ1n) is 6.58. The van der Waals surface area contributed by atoms with E-state index in [4.69, 9.17) is 13.9 Å². The normalized spacial score (nSPS) is 10.5. The fourth-order valence-corrected chi connectivity index (χ4v) is 2.03. The van der Waals surface area contributed by atoms with Gasteiger partial charge in [0, 0.05) is 11.5 Å². The minimum Gasteiger partial charge on any atom is -0.497 e. The predicted molar refractivity (Wildman–Crippen MR) is 81.5 cm³/mol. The van der Waals surface area contributed by atoms with Crippen LogP contribution in [0.1, 0.15) is 10.6 Å². The molecular formula is C16H14N2O4. The Kier molecular flexibility index (Phi) is 3.65. The monoisotopic (exact) mass is 298 g/mol. The van der Waals surface area contributed by atoms with Crippen molar-refractivity contribution < 1.29 is 18.7 Å². The van der Waals surface area contributed by atoms with Crippen LogP contribution in [0.15, 0.2) is 47.0 Å². The standard InChI is InChI=1S/C16H14N2O4/c1-20-12-4-5-13-10(7-12)8-14(22-13)16(19)18-11-3-6-15(21-2)17-9-11/h3-9H,1-2H3,(H,18,19). The molecule has 0 spiro atoms. The third-order valence-corrected chi connectivity index (χ3v) is 3.15. The predicted octanol–water partition coefficient (Wildman–Crippen LogP) is 3.10. The van der Waals surface area contributed by atoms with Crippen molar-refractivity contribution in [2.45, 2.75) is 0 Å². The van der Waals surface area contributed by atoms with Crippen LogP contribution in [-0.2, 0) is 0 Å². The highest BCUT2D eigenvalue weighted by atomic mass is 16.5. The van der Waals surface area contributed by atoms with E-state index in [2.05, 4.69) is 10.3 Å². The number of rotatable bonds is 4. The van der Waals surface area contributed by atoms with Crippen LogP contribution in [0.25, 0.3) is 11.0 Å². The maximum atomic E-state index is 12.2. The van der Waals surface area contributed by atoms with Gasteiger partial charge in [-0.1, -0.05) is 0 Å². The lowest BCUT2D eigenvalue weighted by molar-refractivity contribution is 0.0998. The van der Waals surface area contributed by atoms with Crippen molar-refractivity contribution in [3.05, 3.63) is 48.4 Å². The molecule has 1 aromatic carbocycles. The van der Waals surface area contributed by atoms with Crippen LogP contribution in [-0.4, -0.2) is 25.1 Å². The number of hydrogen-bond donors (Lipinski definition) is 1. The lowest BCUT2D eigenvalue weighted by Gasteiger charge is -2.03. The van der Waals surface area contributed by atoms with Crippen LogP contribution >= 0.6 is 0 Å². The molecule has 0 saturated carbocycles.